The van der Waals surface area contributed by atoms with Crippen LogP contribution in [0.1, 0.15) is 27.4 Å². The number of anilines is 1. The van der Waals surface area contributed by atoms with Gasteiger partial charge in [-0.2, -0.15) is 0 Å². The number of pyridine rings is 1. The average molecular weight is 401 g/mol. The van der Waals surface area contributed by atoms with Crippen molar-refractivity contribution in [1.29, 1.82) is 0 Å². The standard InChI is InChI=1S/C24H20FN3O2/c1-28-14-18(15-8-10-17(25)11-9-15)21(22(29)16-5-4-12-26-13-16)24(28)19-6-2-3-7-20(19)27-23(24)30/h2-13,18,21H,14H2,1H3,(H,27,30)/t18-,21+,24+/m1/s1. The monoisotopic (exact) mass is 401 g/mol. The fourth-order valence-electron chi connectivity index (χ4n) is 5.09. The molecule has 0 radical (unpaired) electrons. The normalized spacial score (nSPS) is 25.3. The second kappa shape index (κ2) is 6.85. The second-order valence-electron chi connectivity index (χ2n) is 7.89. The zero-order chi connectivity index (χ0) is 20.9. The topological polar surface area (TPSA) is 62.3 Å². The number of benzene rings is 2. The van der Waals surface area contributed by atoms with Gasteiger partial charge in [0.15, 0.2) is 5.78 Å². The van der Waals surface area contributed by atoms with Crippen molar-refractivity contribution < 1.29 is 14.0 Å². The predicted molar refractivity (Wildman–Crippen MR) is 111 cm³/mol. The molecule has 0 saturated carbocycles. The molecule has 2 aliphatic heterocycles. The lowest BCUT2D eigenvalue weighted by atomic mass is 9.70. The van der Waals surface area contributed by atoms with Crippen molar-refractivity contribution in [2.45, 2.75) is 11.5 Å². The molecular weight excluding hydrogens is 381 g/mol. The molecule has 0 aliphatic carbocycles. The number of aromatic nitrogens is 1. The van der Waals surface area contributed by atoms with Gasteiger partial charge in [0.1, 0.15) is 11.4 Å². The summed E-state index contributed by atoms with van der Waals surface area (Å²) < 4.78 is 13.6. The lowest BCUT2D eigenvalue weighted by Gasteiger charge is -2.35. The molecule has 1 aromatic heterocycles. The summed E-state index contributed by atoms with van der Waals surface area (Å²) in [6.45, 7) is 0.490. The van der Waals surface area contributed by atoms with E-state index in [9.17, 15) is 14.0 Å². The number of hydrogen-bond acceptors (Lipinski definition) is 4. The molecule has 3 heterocycles. The highest BCUT2D eigenvalue weighted by molar-refractivity contribution is 6.12. The fourth-order valence-corrected chi connectivity index (χ4v) is 5.09. The smallest absolute Gasteiger partial charge is 0.250 e. The number of fused-ring (bicyclic) bond motifs is 2. The number of ketones is 1. The lowest BCUT2D eigenvalue weighted by Crippen LogP contribution is -2.51. The fraction of sp³-hybridized carbons (Fsp3) is 0.208. The molecule has 2 aliphatic rings. The number of carbonyl (C=O) groups is 2. The maximum atomic E-state index is 13.8. The highest BCUT2D eigenvalue weighted by Gasteiger charge is 2.64. The van der Waals surface area contributed by atoms with E-state index in [0.717, 1.165) is 16.8 Å². The van der Waals surface area contributed by atoms with E-state index in [0.29, 0.717) is 12.1 Å². The van der Waals surface area contributed by atoms with Crippen LogP contribution in [0.15, 0.2) is 73.1 Å². The molecule has 1 spiro atoms. The number of Topliss-reactive ketones (excluding diaryl/α,β-unsaturated/α-hetero) is 1. The third-order valence-corrected chi connectivity index (χ3v) is 6.38. The summed E-state index contributed by atoms with van der Waals surface area (Å²) in [7, 11) is 1.87. The van der Waals surface area contributed by atoms with Crippen LogP contribution in [0.2, 0.25) is 0 Å². The SMILES string of the molecule is CN1C[C@H](c2ccc(F)cc2)[C@@H](C(=O)c2cccnc2)[C@@]12C(=O)Nc1ccccc12. The molecule has 5 rings (SSSR count). The number of likely N-dealkylation sites (N-methyl/N-ethyl adjacent to an activating group) is 1. The molecule has 1 saturated heterocycles. The first-order valence-electron chi connectivity index (χ1n) is 9.85. The Morgan fingerprint density at radius 1 is 1.13 bits per heavy atom. The van der Waals surface area contributed by atoms with E-state index in [1.54, 1.807) is 30.5 Å². The lowest BCUT2D eigenvalue weighted by molar-refractivity contribution is -0.126. The van der Waals surface area contributed by atoms with Crippen molar-refractivity contribution in [2.75, 3.05) is 18.9 Å². The van der Waals surface area contributed by atoms with E-state index < -0.39 is 11.5 Å². The van der Waals surface area contributed by atoms with Crippen LogP contribution < -0.4 is 5.32 Å². The number of rotatable bonds is 3. The molecule has 2 aromatic carbocycles. The van der Waals surface area contributed by atoms with Crippen LogP contribution in [0.4, 0.5) is 10.1 Å². The Bertz CT molecular complexity index is 1130. The summed E-state index contributed by atoms with van der Waals surface area (Å²) >= 11 is 0. The number of likely N-dealkylation sites (tertiary alicyclic amines) is 1. The van der Waals surface area contributed by atoms with E-state index in [-0.39, 0.29) is 23.4 Å². The summed E-state index contributed by atoms with van der Waals surface area (Å²) in [6.07, 6.45) is 3.15. The summed E-state index contributed by atoms with van der Waals surface area (Å²) in [5.41, 5.74) is 1.67. The number of amides is 1. The Labute approximate surface area is 173 Å². The van der Waals surface area contributed by atoms with Crippen LogP contribution in [-0.2, 0) is 10.3 Å². The van der Waals surface area contributed by atoms with E-state index in [4.69, 9.17) is 0 Å². The number of para-hydroxylation sites is 1. The van der Waals surface area contributed by atoms with E-state index >= 15 is 0 Å². The number of nitrogens with one attached hydrogen (secondary N) is 1. The third-order valence-electron chi connectivity index (χ3n) is 6.38. The van der Waals surface area contributed by atoms with E-state index in [1.807, 2.05) is 36.2 Å². The molecule has 0 unspecified atom stereocenters. The zero-order valence-corrected chi connectivity index (χ0v) is 16.4. The molecule has 30 heavy (non-hydrogen) atoms. The molecular formula is C24H20FN3O2. The summed E-state index contributed by atoms with van der Waals surface area (Å²) in [5, 5.41) is 2.97. The van der Waals surface area contributed by atoms with Gasteiger partial charge < -0.3 is 5.32 Å². The van der Waals surface area contributed by atoms with Crippen LogP contribution in [0.3, 0.4) is 0 Å². The minimum absolute atomic E-state index is 0.145. The predicted octanol–water partition coefficient (Wildman–Crippen LogP) is 3.60. The van der Waals surface area contributed by atoms with Gasteiger partial charge in [0.2, 0.25) is 5.91 Å². The highest BCUT2D eigenvalue weighted by Crippen LogP contribution is 2.55. The molecule has 1 amide bonds. The largest absolute Gasteiger partial charge is 0.324 e. The van der Waals surface area contributed by atoms with Gasteiger partial charge in [0, 0.05) is 41.7 Å². The van der Waals surface area contributed by atoms with Crippen molar-refractivity contribution in [2.24, 2.45) is 5.92 Å². The molecule has 150 valence electrons. The molecule has 1 N–H and O–H groups in total. The summed E-state index contributed by atoms with van der Waals surface area (Å²) in [6, 6.07) is 17.1. The quantitative estimate of drug-likeness (QED) is 0.682. The van der Waals surface area contributed by atoms with E-state index in [1.165, 1.54) is 18.3 Å². The van der Waals surface area contributed by atoms with Gasteiger partial charge in [0.05, 0.1) is 5.92 Å². The zero-order valence-electron chi connectivity index (χ0n) is 16.4. The van der Waals surface area contributed by atoms with Crippen LogP contribution in [-0.4, -0.2) is 35.2 Å². The first kappa shape index (κ1) is 18.6. The van der Waals surface area contributed by atoms with Crippen LogP contribution in [0.25, 0.3) is 0 Å². The summed E-state index contributed by atoms with van der Waals surface area (Å²) in [4.78, 5) is 33.4. The average Bonchev–Trinajstić information content (AvgIpc) is 3.24. The van der Waals surface area contributed by atoms with Gasteiger partial charge in [-0.1, -0.05) is 30.3 Å². The maximum Gasteiger partial charge on any atom is 0.250 e. The molecule has 3 atom stereocenters. The Kier molecular flexibility index (Phi) is 4.25. The number of nitrogens with zero attached hydrogens (tertiary/aromatic N) is 2. The second-order valence-corrected chi connectivity index (χ2v) is 7.89. The van der Waals surface area contributed by atoms with Crippen molar-refractivity contribution in [3.63, 3.8) is 0 Å². The number of halogens is 1. The molecule has 6 heteroatoms. The van der Waals surface area contributed by atoms with Gasteiger partial charge in [-0.05, 0) is 42.9 Å². The van der Waals surface area contributed by atoms with Crippen LogP contribution >= 0.6 is 0 Å². The number of carbonyl (C=O) groups excluding carboxylic acids is 2. The van der Waals surface area contributed by atoms with Gasteiger partial charge >= 0.3 is 0 Å². The van der Waals surface area contributed by atoms with Gasteiger partial charge in [-0.3, -0.25) is 19.5 Å². The Balaban J connectivity index is 1.73. The minimum atomic E-state index is -1.14. The first-order valence-corrected chi connectivity index (χ1v) is 9.85. The van der Waals surface area contributed by atoms with Crippen molar-refractivity contribution >= 4 is 17.4 Å². The first-order chi connectivity index (χ1) is 14.5. The van der Waals surface area contributed by atoms with Crippen molar-refractivity contribution in [3.8, 4) is 0 Å². The summed E-state index contributed by atoms with van der Waals surface area (Å²) in [5.74, 6) is -1.65. The minimum Gasteiger partial charge on any atom is -0.324 e. The highest BCUT2D eigenvalue weighted by atomic mass is 19.1. The van der Waals surface area contributed by atoms with Crippen LogP contribution in [0, 0.1) is 11.7 Å². The number of hydrogen-bond donors (Lipinski definition) is 1. The van der Waals surface area contributed by atoms with Gasteiger partial charge in [-0.25, -0.2) is 4.39 Å². The van der Waals surface area contributed by atoms with Gasteiger partial charge in [-0.15, -0.1) is 0 Å². The molecule has 3 aromatic rings. The van der Waals surface area contributed by atoms with Crippen LogP contribution in [0.5, 0.6) is 0 Å². The van der Waals surface area contributed by atoms with Gasteiger partial charge in [0.25, 0.3) is 0 Å². The maximum absolute atomic E-state index is 13.8. The molecule has 0 bridgehead atoms. The van der Waals surface area contributed by atoms with Crippen molar-refractivity contribution in [3.05, 3.63) is 95.6 Å². The Morgan fingerprint density at radius 2 is 1.90 bits per heavy atom. The Morgan fingerprint density at radius 3 is 2.63 bits per heavy atom. The molecule has 5 nitrogen and oxygen atoms in total. The van der Waals surface area contributed by atoms with E-state index in [2.05, 4.69) is 10.3 Å². The third kappa shape index (κ3) is 2.53. The van der Waals surface area contributed by atoms with Crippen molar-refractivity contribution in [1.82, 2.24) is 9.88 Å². The Hall–Kier alpha value is -3.38. The molecule has 1 fully saturated rings.